The van der Waals surface area contributed by atoms with Gasteiger partial charge >= 0.3 is 5.97 Å². The Labute approximate surface area is 108 Å². The van der Waals surface area contributed by atoms with E-state index in [2.05, 4.69) is 0 Å². The Morgan fingerprint density at radius 3 is 2.33 bits per heavy atom. The number of rotatable bonds is 4. The second-order valence-corrected chi connectivity index (χ2v) is 7.36. The van der Waals surface area contributed by atoms with Crippen molar-refractivity contribution in [1.82, 2.24) is 4.31 Å². The van der Waals surface area contributed by atoms with E-state index in [9.17, 15) is 13.2 Å². The van der Waals surface area contributed by atoms with E-state index in [-0.39, 0.29) is 11.7 Å². The minimum absolute atomic E-state index is 0.136. The molecule has 0 radical (unpaired) electrons. The molecule has 0 amide bonds. The molecule has 0 aromatic heterocycles. The van der Waals surface area contributed by atoms with Gasteiger partial charge in [-0.05, 0) is 38.0 Å². The Kier molecular flexibility index (Phi) is 4.27. The summed E-state index contributed by atoms with van der Waals surface area (Å²) in [5.41, 5.74) is 0. The number of carbonyl (C=O) groups is 1. The van der Waals surface area contributed by atoms with Gasteiger partial charge in [-0.1, -0.05) is 12.8 Å². The number of aliphatic carboxylic acids is 1. The Balaban J connectivity index is 2.08. The van der Waals surface area contributed by atoms with Crippen molar-refractivity contribution >= 4 is 16.0 Å². The Morgan fingerprint density at radius 1 is 1.11 bits per heavy atom. The summed E-state index contributed by atoms with van der Waals surface area (Å²) in [4.78, 5) is 11.1. The van der Waals surface area contributed by atoms with Gasteiger partial charge in [0, 0.05) is 6.54 Å². The maximum atomic E-state index is 12.3. The zero-order valence-electron chi connectivity index (χ0n) is 10.5. The third-order valence-electron chi connectivity index (χ3n) is 4.02. The summed E-state index contributed by atoms with van der Waals surface area (Å²) < 4.78 is 25.9. The second kappa shape index (κ2) is 5.57. The number of carboxylic acid groups (broad SMARTS) is 1. The van der Waals surface area contributed by atoms with E-state index >= 15 is 0 Å². The van der Waals surface area contributed by atoms with Gasteiger partial charge in [0.2, 0.25) is 10.0 Å². The highest BCUT2D eigenvalue weighted by Crippen LogP contribution is 2.29. The van der Waals surface area contributed by atoms with Gasteiger partial charge in [-0.25, -0.2) is 8.42 Å². The van der Waals surface area contributed by atoms with Crippen molar-refractivity contribution < 1.29 is 18.3 Å². The van der Waals surface area contributed by atoms with Crippen LogP contribution in [0.4, 0.5) is 0 Å². The molecule has 1 saturated heterocycles. The maximum absolute atomic E-state index is 12.3. The minimum Gasteiger partial charge on any atom is -0.480 e. The van der Waals surface area contributed by atoms with E-state index in [0.29, 0.717) is 13.0 Å². The van der Waals surface area contributed by atoms with Gasteiger partial charge in [-0.3, -0.25) is 4.79 Å². The maximum Gasteiger partial charge on any atom is 0.322 e. The van der Waals surface area contributed by atoms with Crippen LogP contribution in [0.2, 0.25) is 0 Å². The first-order chi connectivity index (χ1) is 8.50. The number of sulfonamides is 1. The lowest BCUT2D eigenvalue weighted by molar-refractivity contribution is -0.142. The molecule has 1 saturated carbocycles. The van der Waals surface area contributed by atoms with Gasteiger partial charge in [0.1, 0.15) is 6.04 Å². The second-order valence-electron chi connectivity index (χ2n) is 5.39. The summed E-state index contributed by atoms with van der Waals surface area (Å²) in [5.74, 6) is -0.646. The van der Waals surface area contributed by atoms with Crippen molar-refractivity contribution in [2.75, 3.05) is 12.3 Å². The first-order valence-electron chi connectivity index (χ1n) is 6.73. The van der Waals surface area contributed by atoms with E-state index in [0.717, 1.165) is 38.5 Å². The molecule has 0 aromatic carbocycles. The fourth-order valence-corrected chi connectivity index (χ4v) is 5.17. The van der Waals surface area contributed by atoms with E-state index in [1.165, 1.54) is 4.31 Å². The lowest BCUT2D eigenvalue weighted by Crippen LogP contribution is -2.49. The van der Waals surface area contributed by atoms with Crippen LogP contribution in [0.25, 0.3) is 0 Å². The first kappa shape index (κ1) is 13.8. The average molecular weight is 275 g/mol. The monoisotopic (exact) mass is 275 g/mol. The van der Waals surface area contributed by atoms with E-state index in [1.807, 2.05) is 0 Å². The van der Waals surface area contributed by atoms with E-state index in [4.69, 9.17) is 5.11 Å². The third-order valence-corrected chi connectivity index (χ3v) is 6.06. The summed E-state index contributed by atoms with van der Waals surface area (Å²) in [7, 11) is -3.41. The third kappa shape index (κ3) is 3.03. The fourth-order valence-electron chi connectivity index (χ4n) is 3.06. The van der Waals surface area contributed by atoms with E-state index < -0.39 is 22.0 Å². The molecule has 2 rings (SSSR count). The standard InChI is InChI=1S/C12H21NO4S/c14-12(15)11-7-3-4-8-13(11)18(16,17)9-10-5-1-2-6-10/h10-11H,1-9H2,(H,14,15). The van der Waals surface area contributed by atoms with Crippen molar-refractivity contribution in [3.63, 3.8) is 0 Å². The van der Waals surface area contributed by atoms with Gasteiger partial charge < -0.3 is 5.11 Å². The fraction of sp³-hybridized carbons (Fsp3) is 0.917. The smallest absolute Gasteiger partial charge is 0.322 e. The summed E-state index contributed by atoms with van der Waals surface area (Å²) in [6.45, 7) is 0.367. The normalized spacial score (nSPS) is 27.4. The molecule has 1 heterocycles. The number of carboxylic acids is 1. The Morgan fingerprint density at radius 2 is 1.72 bits per heavy atom. The van der Waals surface area contributed by atoms with Crippen LogP contribution in [0.15, 0.2) is 0 Å². The lowest BCUT2D eigenvalue weighted by Gasteiger charge is -2.32. The van der Waals surface area contributed by atoms with Crippen LogP contribution in [0.3, 0.4) is 0 Å². The van der Waals surface area contributed by atoms with Crippen molar-refractivity contribution in [1.29, 1.82) is 0 Å². The molecule has 2 aliphatic rings. The lowest BCUT2D eigenvalue weighted by atomic mass is 10.1. The molecule has 18 heavy (non-hydrogen) atoms. The molecule has 5 nitrogen and oxygen atoms in total. The van der Waals surface area contributed by atoms with Gasteiger partial charge in [0.05, 0.1) is 5.75 Å². The molecule has 1 unspecified atom stereocenters. The predicted octanol–water partition coefficient (Wildman–Crippen LogP) is 1.45. The van der Waals surface area contributed by atoms with Crippen LogP contribution in [0.1, 0.15) is 44.9 Å². The molecule has 0 bridgehead atoms. The quantitative estimate of drug-likeness (QED) is 0.842. The molecular weight excluding hydrogens is 254 g/mol. The Bertz CT molecular complexity index is 400. The zero-order chi connectivity index (χ0) is 13.2. The number of piperidine rings is 1. The molecule has 6 heteroatoms. The van der Waals surface area contributed by atoms with E-state index in [1.54, 1.807) is 0 Å². The van der Waals surface area contributed by atoms with Crippen LogP contribution in [0.5, 0.6) is 0 Å². The summed E-state index contributed by atoms with van der Waals surface area (Å²) >= 11 is 0. The van der Waals surface area contributed by atoms with Crippen LogP contribution in [-0.4, -0.2) is 42.1 Å². The van der Waals surface area contributed by atoms with Crippen LogP contribution < -0.4 is 0 Å². The number of hydrogen-bond acceptors (Lipinski definition) is 3. The molecule has 0 spiro atoms. The zero-order valence-corrected chi connectivity index (χ0v) is 11.4. The average Bonchev–Trinajstić information content (AvgIpc) is 2.81. The topological polar surface area (TPSA) is 74.7 Å². The Hall–Kier alpha value is -0.620. The highest BCUT2D eigenvalue weighted by atomic mass is 32.2. The van der Waals surface area contributed by atoms with Crippen molar-refractivity contribution in [2.45, 2.75) is 51.0 Å². The van der Waals surface area contributed by atoms with Gasteiger partial charge in [0.15, 0.2) is 0 Å². The molecule has 1 atom stereocenters. The minimum atomic E-state index is -3.41. The van der Waals surface area contributed by atoms with Crippen molar-refractivity contribution in [3.8, 4) is 0 Å². The van der Waals surface area contributed by atoms with Gasteiger partial charge in [-0.2, -0.15) is 4.31 Å². The largest absolute Gasteiger partial charge is 0.480 e. The predicted molar refractivity (Wildman–Crippen MR) is 67.7 cm³/mol. The molecule has 2 fully saturated rings. The highest BCUT2D eigenvalue weighted by Gasteiger charge is 2.37. The van der Waals surface area contributed by atoms with Crippen LogP contribution in [-0.2, 0) is 14.8 Å². The number of hydrogen-bond donors (Lipinski definition) is 1. The van der Waals surface area contributed by atoms with Crippen molar-refractivity contribution in [2.24, 2.45) is 5.92 Å². The molecule has 1 N–H and O–H groups in total. The first-order valence-corrected chi connectivity index (χ1v) is 8.34. The molecule has 104 valence electrons. The summed E-state index contributed by atoms with van der Waals surface area (Å²) in [6.07, 6.45) is 6.14. The highest BCUT2D eigenvalue weighted by molar-refractivity contribution is 7.89. The molecule has 1 aliphatic carbocycles. The SMILES string of the molecule is O=C(O)C1CCCCN1S(=O)(=O)CC1CCCC1. The molecule has 1 aliphatic heterocycles. The van der Waals surface area contributed by atoms with Crippen molar-refractivity contribution in [3.05, 3.63) is 0 Å². The van der Waals surface area contributed by atoms with Crippen LogP contribution >= 0.6 is 0 Å². The molecule has 0 aromatic rings. The van der Waals surface area contributed by atoms with Crippen LogP contribution in [0, 0.1) is 5.92 Å². The summed E-state index contributed by atoms with van der Waals surface area (Å²) in [5, 5.41) is 9.13. The number of nitrogens with zero attached hydrogens (tertiary/aromatic N) is 1. The summed E-state index contributed by atoms with van der Waals surface area (Å²) in [6, 6.07) is -0.842. The van der Waals surface area contributed by atoms with Gasteiger partial charge in [-0.15, -0.1) is 0 Å². The molecular formula is C12H21NO4S. The van der Waals surface area contributed by atoms with Gasteiger partial charge in [0.25, 0.3) is 0 Å².